The fourth-order valence-electron chi connectivity index (χ4n) is 3.77. The lowest BCUT2D eigenvalue weighted by Crippen LogP contribution is -2.40. The second kappa shape index (κ2) is 9.17. The fraction of sp³-hybridized carbons (Fsp3) is 0.524. The molecule has 31 heavy (non-hydrogen) atoms. The predicted molar refractivity (Wildman–Crippen MR) is 106 cm³/mol. The molecule has 0 bridgehead atoms. The number of ether oxygens (including phenoxy) is 3. The number of anilines is 2. The number of rotatable bonds is 4. The average Bonchev–Trinajstić information content (AvgIpc) is 2.77. The van der Waals surface area contributed by atoms with Gasteiger partial charge in [0.25, 0.3) is 0 Å². The normalized spacial score (nSPS) is 18.3. The van der Waals surface area contributed by atoms with Crippen LogP contribution in [0.3, 0.4) is 0 Å². The standard InChI is InChI=1S/C21H25F3N2O5/c1-13-6-8-25(9-7-13)16-5-4-14(21(22,23)24)10-17(16)26-12-31-11-15(19(27)29-2)18(26)20(28)30-3/h4-5,10,13H,6-9,11-12H2,1-3H3. The molecule has 0 unspecified atom stereocenters. The van der Waals surface area contributed by atoms with Crippen LogP contribution in [0.5, 0.6) is 0 Å². The van der Waals surface area contributed by atoms with Gasteiger partial charge in [0.2, 0.25) is 0 Å². The van der Waals surface area contributed by atoms with E-state index in [4.69, 9.17) is 14.2 Å². The maximum atomic E-state index is 13.5. The summed E-state index contributed by atoms with van der Waals surface area (Å²) in [5.41, 5.74) is -0.532. The Morgan fingerprint density at radius 1 is 1.06 bits per heavy atom. The van der Waals surface area contributed by atoms with Gasteiger partial charge >= 0.3 is 18.1 Å². The van der Waals surface area contributed by atoms with Gasteiger partial charge in [0.05, 0.1) is 43.3 Å². The summed E-state index contributed by atoms with van der Waals surface area (Å²) in [7, 11) is 2.28. The zero-order chi connectivity index (χ0) is 22.8. The molecule has 3 rings (SSSR count). The summed E-state index contributed by atoms with van der Waals surface area (Å²) >= 11 is 0. The molecule has 0 amide bonds. The molecule has 2 aliphatic rings. The molecule has 2 aliphatic heterocycles. The lowest BCUT2D eigenvalue weighted by Gasteiger charge is -2.38. The third kappa shape index (κ3) is 4.79. The number of benzene rings is 1. The van der Waals surface area contributed by atoms with Crippen molar-refractivity contribution in [2.75, 3.05) is 50.4 Å². The fourth-order valence-corrected chi connectivity index (χ4v) is 3.77. The first-order chi connectivity index (χ1) is 14.7. The minimum Gasteiger partial charge on any atom is -0.466 e. The lowest BCUT2D eigenvalue weighted by atomic mass is 9.98. The molecular weight excluding hydrogens is 417 g/mol. The Morgan fingerprint density at radius 2 is 1.71 bits per heavy atom. The van der Waals surface area contributed by atoms with E-state index in [0.717, 1.165) is 39.2 Å². The molecule has 1 fully saturated rings. The van der Waals surface area contributed by atoms with Gasteiger partial charge in [0.15, 0.2) is 0 Å². The van der Waals surface area contributed by atoms with E-state index in [-0.39, 0.29) is 30.3 Å². The van der Waals surface area contributed by atoms with Crippen LogP contribution in [-0.4, -0.2) is 52.6 Å². The number of methoxy groups -OCH3 is 2. The van der Waals surface area contributed by atoms with Crippen molar-refractivity contribution in [3.8, 4) is 0 Å². The van der Waals surface area contributed by atoms with Crippen molar-refractivity contribution in [2.45, 2.75) is 25.9 Å². The lowest BCUT2D eigenvalue weighted by molar-refractivity contribution is -0.140. The quantitative estimate of drug-likeness (QED) is 0.663. The van der Waals surface area contributed by atoms with Crippen LogP contribution < -0.4 is 9.80 Å². The largest absolute Gasteiger partial charge is 0.466 e. The minimum atomic E-state index is -4.58. The van der Waals surface area contributed by atoms with Crippen molar-refractivity contribution >= 4 is 23.3 Å². The van der Waals surface area contributed by atoms with Crippen LogP contribution in [0, 0.1) is 5.92 Å². The summed E-state index contributed by atoms with van der Waals surface area (Å²) in [4.78, 5) is 28.0. The van der Waals surface area contributed by atoms with Gasteiger partial charge in [-0.05, 0) is 37.0 Å². The molecule has 1 aromatic rings. The van der Waals surface area contributed by atoms with Crippen molar-refractivity contribution < 1.29 is 37.0 Å². The van der Waals surface area contributed by atoms with Crippen molar-refractivity contribution in [1.82, 2.24) is 0 Å². The van der Waals surface area contributed by atoms with E-state index >= 15 is 0 Å². The van der Waals surface area contributed by atoms with Crippen LogP contribution in [0.1, 0.15) is 25.3 Å². The Bertz CT molecular complexity index is 876. The molecule has 170 valence electrons. The highest BCUT2D eigenvalue weighted by molar-refractivity contribution is 6.04. The Labute approximate surface area is 178 Å². The molecule has 0 saturated carbocycles. The Balaban J connectivity index is 2.17. The number of halogens is 3. The molecule has 0 N–H and O–H groups in total. The zero-order valence-corrected chi connectivity index (χ0v) is 17.6. The van der Waals surface area contributed by atoms with Crippen molar-refractivity contribution in [1.29, 1.82) is 0 Å². The maximum Gasteiger partial charge on any atom is 0.416 e. The van der Waals surface area contributed by atoms with E-state index in [9.17, 15) is 22.8 Å². The number of piperidine rings is 1. The summed E-state index contributed by atoms with van der Waals surface area (Å²) < 4.78 is 55.5. The molecule has 0 aromatic heterocycles. The van der Waals surface area contributed by atoms with E-state index < -0.39 is 23.7 Å². The van der Waals surface area contributed by atoms with Gasteiger partial charge < -0.3 is 24.0 Å². The number of hydrogen-bond donors (Lipinski definition) is 0. The molecule has 1 saturated heterocycles. The summed E-state index contributed by atoms with van der Waals surface area (Å²) in [6, 6.07) is 3.39. The highest BCUT2D eigenvalue weighted by Gasteiger charge is 2.37. The summed E-state index contributed by atoms with van der Waals surface area (Å²) in [5, 5.41) is 0. The monoisotopic (exact) mass is 442 g/mol. The first-order valence-corrected chi connectivity index (χ1v) is 9.88. The van der Waals surface area contributed by atoms with Crippen molar-refractivity contribution in [3.63, 3.8) is 0 Å². The first kappa shape index (κ1) is 22.9. The van der Waals surface area contributed by atoms with E-state index in [2.05, 4.69) is 6.92 Å². The highest BCUT2D eigenvalue weighted by Crippen LogP contribution is 2.40. The molecule has 0 aliphatic carbocycles. The number of carbonyl (C=O) groups is 2. The van der Waals surface area contributed by atoms with Crippen molar-refractivity contribution in [3.05, 3.63) is 35.0 Å². The summed E-state index contributed by atoms with van der Waals surface area (Å²) in [6.45, 7) is 3.02. The predicted octanol–water partition coefficient (Wildman–Crippen LogP) is 3.34. The molecule has 1 aromatic carbocycles. The highest BCUT2D eigenvalue weighted by atomic mass is 19.4. The SMILES string of the molecule is COC(=O)C1=C(C(=O)OC)N(c2cc(C(F)(F)F)ccc2N2CCC(C)CC2)COC1. The molecule has 7 nitrogen and oxygen atoms in total. The molecule has 0 spiro atoms. The Kier molecular flexibility index (Phi) is 6.78. The van der Waals surface area contributed by atoms with Gasteiger partial charge in [-0.25, -0.2) is 9.59 Å². The van der Waals surface area contributed by atoms with Crippen LogP contribution in [0.15, 0.2) is 29.5 Å². The smallest absolute Gasteiger partial charge is 0.416 e. The topological polar surface area (TPSA) is 68.3 Å². The van der Waals surface area contributed by atoms with Gasteiger partial charge in [0, 0.05) is 13.1 Å². The van der Waals surface area contributed by atoms with E-state index in [1.165, 1.54) is 11.0 Å². The number of alkyl halides is 3. The van der Waals surface area contributed by atoms with Gasteiger partial charge in [-0.2, -0.15) is 13.2 Å². The third-order valence-corrected chi connectivity index (χ3v) is 5.55. The Morgan fingerprint density at radius 3 is 2.29 bits per heavy atom. The number of carbonyl (C=O) groups excluding carboxylic acids is 2. The molecule has 2 heterocycles. The van der Waals surface area contributed by atoms with Gasteiger partial charge in [-0.15, -0.1) is 0 Å². The van der Waals surface area contributed by atoms with E-state index in [0.29, 0.717) is 24.7 Å². The average molecular weight is 442 g/mol. The minimum absolute atomic E-state index is 0.115. The second-order valence-corrected chi connectivity index (χ2v) is 7.59. The number of hydrogen-bond acceptors (Lipinski definition) is 7. The number of nitrogens with zero attached hydrogens (tertiary/aromatic N) is 2. The first-order valence-electron chi connectivity index (χ1n) is 9.88. The molecule has 10 heteroatoms. The van der Waals surface area contributed by atoms with Crippen LogP contribution in [0.4, 0.5) is 24.5 Å². The van der Waals surface area contributed by atoms with Gasteiger partial charge in [-0.3, -0.25) is 0 Å². The van der Waals surface area contributed by atoms with E-state index in [1.807, 2.05) is 4.90 Å². The van der Waals surface area contributed by atoms with Gasteiger partial charge in [-0.1, -0.05) is 6.92 Å². The Hall–Kier alpha value is -2.75. The number of esters is 2. The maximum absolute atomic E-state index is 13.5. The van der Waals surface area contributed by atoms with Crippen LogP contribution in [0.25, 0.3) is 0 Å². The summed E-state index contributed by atoms with van der Waals surface area (Å²) in [5.74, 6) is -1.16. The van der Waals surface area contributed by atoms with Crippen LogP contribution in [-0.2, 0) is 30.0 Å². The van der Waals surface area contributed by atoms with E-state index in [1.54, 1.807) is 0 Å². The van der Waals surface area contributed by atoms with Crippen LogP contribution >= 0.6 is 0 Å². The van der Waals surface area contributed by atoms with Crippen LogP contribution in [0.2, 0.25) is 0 Å². The third-order valence-electron chi connectivity index (χ3n) is 5.55. The molecular formula is C21H25F3N2O5. The van der Waals surface area contributed by atoms with Gasteiger partial charge in [0.1, 0.15) is 12.4 Å². The second-order valence-electron chi connectivity index (χ2n) is 7.59. The van der Waals surface area contributed by atoms with Crippen molar-refractivity contribution in [2.24, 2.45) is 5.92 Å². The molecule has 0 radical (unpaired) electrons. The molecule has 0 atom stereocenters. The summed E-state index contributed by atoms with van der Waals surface area (Å²) in [6.07, 6.45) is -2.80. The zero-order valence-electron chi connectivity index (χ0n) is 17.6.